The summed E-state index contributed by atoms with van der Waals surface area (Å²) < 4.78 is 0. The summed E-state index contributed by atoms with van der Waals surface area (Å²) >= 11 is 0. The van der Waals surface area contributed by atoms with Gasteiger partial charge in [0.1, 0.15) is 0 Å². The molecule has 1 aliphatic carbocycles. The molecule has 2 heteroatoms. The van der Waals surface area contributed by atoms with Crippen LogP contribution in [0.2, 0.25) is 0 Å². The zero-order chi connectivity index (χ0) is 12.4. The maximum Gasteiger partial charge on any atom is 0.0328 e. The second-order valence-corrected chi connectivity index (χ2v) is 5.89. The maximum atomic E-state index is 3.91. The molecule has 1 heterocycles. The topological polar surface area (TPSA) is 15.3 Å². The molecule has 0 spiro atoms. The average molecular weight is 244 g/mol. The van der Waals surface area contributed by atoms with Crippen molar-refractivity contribution in [3.63, 3.8) is 0 Å². The fourth-order valence-corrected chi connectivity index (χ4v) is 3.42. The van der Waals surface area contributed by atoms with Gasteiger partial charge in [0.05, 0.1) is 0 Å². The zero-order valence-electron chi connectivity index (χ0n) is 11.4. The number of aryl methyl sites for hydroxylation is 1. The molecule has 0 saturated carbocycles. The lowest BCUT2D eigenvalue weighted by atomic mass is 10.0. The van der Waals surface area contributed by atoms with Crippen molar-refractivity contribution in [2.24, 2.45) is 0 Å². The summed E-state index contributed by atoms with van der Waals surface area (Å²) in [6.45, 7) is 2.51. The summed E-state index contributed by atoms with van der Waals surface area (Å²) in [4.78, 5) is 2.46. The van der Waals surface area contributed by atoms with Crippen LogP contribution in [-0.4, -0.2) is 31.1 Å². The van der Waals surface area contributed by atoms with E-state index in [9.17, 15) is 0 Å². The Morgan fingerprint density at radius 2 is 2.00 bits per heavy atom. The van der Waals surface area contributed by atoms with Crippen molar-refractivity contribution >= 4 is 0 Å². The van der Waals surface area contributed by atoms with E-state index in [0.29, 0.717) is 12.1 Å². The molecule has 0 aromatic heterocycles. The molecule has 2 nitrogen and oxygen atoms in total. The van der Waals surface area contributed by atoms with Gasteiger partial charge in [0.25, 0.3) is 0 Å². The summed E-state index contributed by atoms with van der Waals surface area (Å²) in [7, 11) is 2.24. The van der Waals surface area contributed by atoms with Gasteiger partial charge in [-0.1, -0.05) is 24.3 Å². The molecule has 1 aromatic rings. The minimum Gasteiger partial charge on any atom is -0.307 e. The first-order chi connectivity index (χ1) is 8.83. The van der Waals surface area contributed by atoms with E-state index >= 15 is 0 Å². The third-order valence-electron chi connectivity index (χ3n) is 4.52. The van der Waals surface area contributed by atoms with Crippen LogP contribution in [0, 0.1) is 0 Å². The van der Waals surface area contributed by atoms with E-state index in [1.165, 1.54) is 45.2 Å². The first-order valence-corrected chi connectivity index (χ1v) is 7.35. The molecule has 1 N–H and O–H groups in total. The van der Waals surface area contributed by atoms with E-state index in [1.807, 2.05) is 0 Å². The van der Waals surface area contributed by atoms with Gasteiger partial charge in [-0.25, -0.2) is 0 Å². The Hall–Kier alpha value is -0.860. The molecule has 1 aromatic carbocycles. The maximum absolute atomic E-state index is 3.91. The van der Waals surface area contributed by atoms with Crippen molar-refractivity contribution in [3.8, 4) is 0 Å². The molecule has 2 aliphatic rings. The molecule has 0 radical (unpaired) electrons. The number of benzene rings is 1. The van der Waals surface area contributed by atoms with E-state index in [2.05, 4.69) is 41.5 Å². The molecule has 2 unspecified atom stereocenters. The van der Waals surface area contributed by atoms with Gasteiger partial charge in [0.15, 0.2) is 0 Å². The van der Waals surface area contributed by atoms with Gasteiger partial charge in [-0.05, 0) is 63.4 Å². The molecule has 18 heavy (non-hydrogen) atoms. The van der Waals surface area contributed by atoms with E-state index in [4.69, 9.17) is 0 Å². The number of nitrogens with zero attached hydrogens (tertiary/aromatic N) is 1. The Bertz CT molecular complexity index is 402. The number of likely N-dealkylation sites (tertiary alicyclic amines) is 1. The molecule has 1 saturated heterocycles. The second kappa shape index (κ2) is 5.41. The molecule has 98 valence electrons. The minimum absolute atomic E-state index is 0.606. The van der Waals surface area contributed by atoms with Crippen molar-refractivity contribution in [2.75, 3.05) is 20.1 Å². The highest BCUT2D eigenvalue weighted by Gasteiger charge is 2.25. The highest BCUT2D eigenvalue weighted by Crippen LogP contribution is 2.31. The summed E-state index contributed by atoms with van der Waals surface area (Å²) in [5, 5.41) is 3.91. The van der Waals surface area contributed by atoms with Gasteiger partial charge >= 0.3 is 0 Å². The fraction of sp³-hybridized carbons (Fsp3) is 0.625. The highest BCUT2D eigenvalue weighted by molar-refractivity contribution is 5.34. The summed E-state index contributed by atoms with van der Waals surface area (Å²) in [5.74, 6) is 0. The van der Waals surface area contributed by atoms with Crippen LogP contribution in [-0.2, 0) is 6.42 Å². The van der Waals surface area contributed by atoms with Crippen molar-refractivity contribution in [1.82, 2.24) is 10.2 Å². The Balaban J connectivity index is 1.64. The van der Waals surface area contributed by atoms with Gasteiger partial charge in [-0.3, -0.25) is 0 Å². The standard InChI is InChI=1S/C16H24N2/c1-18-11-4-6-14(10-12-18)17-16-9-8-13-5-2-3-7-15(13)16/h2-3,5,7,14,16-17H,4,6,8-12H2,1H3. The third-order valence-corrected chi connectivity index (χ3v) is 4.52. The Kier molecular flexibility index (Phi) is 3.67. The molecule has 3 rings (SSSR count). The molecular formula is C16H24N2. The predicted octanol–water partition coefficient (Wildman–Crippen LogP) is 2.75. The Morgan fingerprint density at radius 1 is 1.11 bits per heavy atom. The normalized spacial score (nSPS) is 28.9. The number of nitrogens with one attached hydrogen (secondary N) is 1. The molecule has 0 bridgehead atoms. The lowest BCUT2D eigenvalue weighted by molar-refractivity contribution is 0.338. The average Bonchev–Trinajstić information content (AvgIpc) is 2.67. The van der Waals surface area contributed by atoms with Crippen LogP contribution in [0.5, 0.6) is 0 Å². The van der Waals surface area contributed by atoms with Gasteiger partial charge in [0, 0.05) is 12.1 Å². The molecule has 0 amide bonds. The lowest BCUT2D eigenvalue weighted by Gasteiger charge is -2.22. The monoisotopic (exact) mass is 244 g/mol. The van der Waals surface area contributed by atoms with Crippen LogP contribution >= 0.6 is 0 Å². The summed E-state index contributed by atoms with van der Waals surface area (Å²) in [6, 6.07) is 10.3. The van der Waals surface area contributed by atoms with Gasteiger partial charge in [-0.15, -0.1) is 0 Å². The van der Waals surface area contributed by atoms with E-state index in [1.54, 1.807) is 11.1 Å². The first-order valence-electron chi connectivity index (χ1n) is 7.35. The van der Waals surface area contributed by atoms with Crippen molar-refractivity contribution in [2.45, 2.75) is 44.2 Å². The van der Waals surface area contributed by atoms with E-state index in [0.717, 1.165) is 0 Å². The molecular weight excluding hydrogens is 220 g/mol. The lowest BCUT2D eigenvalue weighted by Crippen LogP contribution is -2.32. The fourth-order valence-electron chi connectivity index (χ4n) is 3.42. The largest absolute Gasteiger partial charge is 0.307 e. The van der Waals surface area contributed by atoms with Crippen LogP contribution in [0.15, 0.2) is 24.3 Å². The SMILES string of the molecule is CN1CCCC(NC2CCc3ccccc32)CC1. The van der Waals surface area contributed by atoms with Crippen LogP contribution < -0.4 is 5.32 Å². The summed E-state index contributed by atoms with van der Waals surface area (Å²) in [6.07, 6.45) is 6.51. The zero-order valence-corrected chi connectivity index (χ0v) is 11.4. The third kappa shape index (κ3) is 2.60. The first kappa shape index (κ1) is 12.2. The Labute approximate surface area is 110 Å². The second-order valence-electron chi connectivity index (χ2n) is 5.89. The number of fused-ring (bicyclic) bond motifs is 1. The molecule has 1 fully saturated rings. The number of hydrogen-bond acceptors (Lipinski definition) is 2. The van der Waals surface area contributed by atoms with Crippen LogP contribution in [0.25, 0.3) is 0 Å². The van der Waals surface area contributed by atoms with Crippen molar-refractivity contribution in [3.05, 3.63) is 35.4 Å². The van der Waals surface area contributed by atoms with Crippen molar-refractivity contribution in [1.29, 1.82) is 0 Å². The quantitative estimate of drug-likeness (QED) is 0.860. The van der Waals surface area contributed by atoms with Gasteiger partial charge in [0.2, 0.25) is 0 Å². The molecule has 2 atom stereocenters. The number of hydrogen-bond donors (Lipinski definition) is 1. The van der Waals surface area contributed by atoms with Crippen molar-refractivity contribution < 1.29 is 0 Å². The molecule has 1 aliphatic heterocycles. The van der Waals surface area contributed by atoms with Crippen LogP contribution in [0.4, 0.5) is 0 Å². The van der Waals surface area contributed by atoms with Crippen LogP contribution in [0.1, 0.15) is 42.9 Å². The smallest absolute Gasteiger partial charge is 0.0328 e. The predicted molar refractivity (Wildman–Crippen MR) is 75.8 cm³/mol. The van der Waals surface area contributed by atoms with Gasteiger partial charge < -0.3 is 10.2 Å². The van der Waals surface area contributed by atoms with E-state index < -0.39 is 0 Å². The Morgan fingerprint density at radius 3 is 2.94 bits per heavy atom. The van der Waals surface area contributed by atoms with Gasteiger partial charge in [-0.2, -0.15) is 0 Å². The van der Waals surface area contributed by atoms with Crippen LogP contribution in [0.3, 0.4) is 0 Å². The summed E-state index contributed by atoms with van der Waals surface area (Å²) in [5.41, 5.74) is 3.11. The minimum atomic E-state index is 0.606. The van der Waals surface area contributed by atoms with E-state index in [-0.39, 0.29) is 0 Å². The number of rotatable bonds is 2. The highest BCUT2D eigenvalue weighted by atomic mass is 15.1.